The van der Waals surface area contributed by atoms with Gasteiger partial charge in [0.1, 0.15) is 5.75 Å². The Kier molecular flexibility index (Phi) is 10.3. The van der Waals surface area contributed by atoms with E-state index in [1.165, 1.54) is 0 Å². The molecule has 0 bridgehead atoms. The van der Waals surface area contributed by atoms with Crippen LogP contribution in [0.3, 0.4) is 0 Å². The van der Waals surface area contributed by atoms with Crippen molar-refractivity contribution in [1.29, 1.82) is 0 Å². The Labute approximate surface area is 300 Å². The first kappa shape index (κ1) is 34.1. The van der Waals surface area contributed by atoms with Crippen LogP contribution in [-0.4, -0.2) is 42.5 Å². The zero-order valence-corrected chi connectivity index (χ0v) is 28.1. The fourth-order valence-electron chi connectivity index (χ4n) is 6.25. The molecular weight excluding hydrogens is 660 g/mol. The highest BCUT2D eigenvalue weighted by molar-refractivity contribution is 6.01. The van der Waals surface area contributed by atoms with Crippen LogP contribution >= 0.6 is 0 Å². The van der Waals surface area contributed by atoms with Crippen molar-refractivity contribution in [2.45, 2.75) is 31.0 Å². The van der Waals surface area contributed by atoms with E-state index in [4.69, 9.17) is 29.0 Å². The number of hydrogen-bond donors (Lipinski definition) is 3. The van der Waals surface area contributed by atoms with Gasteiger partial charge >= 0.3 is 0 Å². The van der Waals surface area contributed by atoms with Crippen molar-refractivity contribution in [1.82, 2.24) is 10.9 Å². The third-order valence-corrected chi connectivity index (χ3v) is 8.89. The van der Waals surface area contributed by atoms with E-state index in [2.05, 4.69) is 20.9 Å². The second kappa shape index (κ2) is 15.7. The summed E-state index contributed by atoms with van der Waals surface area (Å²) in [6, 6.07) is 37.9. The van der Waals surface area contributed by atoms with Crippen LogP contribution in [0.4, 0.5) is 5.69 Å². The molecule has 0 saturated carbocycles. The molecule has 2 aliphatic rings. The van der Waals surface area contributed by atoms with Gasteiger partial charge < -0.3 is 24.1 Å². The summed E-state index contributed by atoms with van der Waals surface area (Å²) in [5, 5.41) is 13.1. The van der Waals surface area contributed by atoms with Crippen molar-refractivity contribution in [2.75, 3.05) is 20.0 Å². The number of aliphatic imine (C=N–C) groups is 1. The molecule has 2 atom stereocenters. The molecule has 2 heterocycles. The summed E-state index contributed by atoms with van der Waals surface area (Å²) in [6.07, 6.45) is -0.310. The van der Waals surface area contributed by atoms with Crippen molar-refractivity contribution in [3.8, 4) is 28.4 Å². The topological polar surface area (TPSA) is 159 Å². The monoisotopic (exact) mass is 696 g/mol. The fourth-order valence-corrected chi connectivity index (χ4v) is 6.25. The van der Waals surface area contributed by atoms with Gasteiger partial charge in [-0.05, 0) is 69.7 Å². The molecule has 0 fully saturated rings. The number of aliphatic hydroxyl groups excluding tert-OH is 1. The summed E-state index contributed by atoms with van der Waals surface area (Å²) in [4.78, 5) is 22.8. The van der Waals surface area contributed by atoms with Crippen LogP contribution in [0.2, 0.25) is 0 Å². The molecule has 3 N–H and O–H groups in total. The zero-order valence-electron chi connectivity index (χ0n) is 28.1. The van der Waals surface area contributed by atoms with Crippen molar-refractivity contribution in [3.05, 3.63) is 154 Å². The number of fused-ring (bicyclic) bond motifs is 1. The van der Waals surface area contributed by atoms with E-state index in [1.807, 2.05) is 97.1 Å². The minimum atomic E-state index is -1.55. The Morgan fingerprint density at radius 2 is 1.63 bits per heavy atom. The van der Waals surface area contributed by atoms with Crippen molar-refractivity contribution < 1.29 is 28.8 Å². The van der Waals surface area contributed by atoms with Gasteiger partial charge in [-0.3, -0.25) is 10.2 Å². The van der Waals surface area contributed by atoms with Gasteiger partial charge in [-0.2, -0.15) is 0 Å². The number of ether oxygens (including phenoxy) is 4. The first-order valence-corrected chi connectivity index (χ1v) is 16.9. The third-order valence-electron chi connectivity index (χ3n) is 8.89. The summed E-state index contributed by atoms with van der Waals surface area (Å²) in [6.45, 7) is 0.867. The molecule has 0 radical (unpaired) electrons. The van der Waals surface area contributed by atoms with Crippen LogP contribution in [0.1, 0.15) is 34.8 Å². The Morgan fingerprint density at radius 3 is 2.42 bits per heavy atom. The predicted octanol–water partition coefficient (Wildman–Crippen LogP) is 7.11. The Balaban J connectivity index is 1.26. The minimum Gasteiger partial charge on any atom is -0.494 e. The molecule has 52 heavy (non-hydrogen) atoms. The SMILES string of the molecule is [N-]=[N+]=Nc1ccccc1C[C@]1(C(=O)NNCc2ccc3c(c2)OCO3)N=C(c2ccc(OCCCO)cc2)O[C@H]1c1ccc(-c2ccccc2)cc1. The standard InChI is InChI=1S/C40H36N6O6/c41-46-44-34-10-5-4-9-32(34)24-40(39(48)45-42-25-27-11-20-35-36(23-27)51-26-50-35)37(30-14-12-29(13-15-30)28-7-2-1-3-8-28)52-38(43-40)31-16-18-33(19-17-31)49-22-6-21-47/h1-5,7-20,23,37,42,47H,6,21-22,24-26H2,(H,45,48)/t37-,40-/m0/s1. The van der Waals surface area contributed by atoms with Gasteiger partial charge in [0.25, 0.3) is 5.91 Å². The number of azide groups is 1. The third kappa shape index (κ3) is 7.40. The lowest BCUT2D eigenvalue weighted by molar-refractivity contribution is -0.130. The minimum absolute atomic E-state index is 0.0367. The molecule has 5 aromatic rings. The van der Waals surface area contributed by atoms with Crippen LogP contribution in [0, 0.1) is 0 Å². The number of rotatable bonds is 14. The number of nitrogens with zero attached hydrogens (tertiary/aromatic N) is 4. The molecule has 12 heteroatoms. The molecular formula is C40H36N6O6. The molecule has 12 nitrogen and oxygen atoms in total. The number of aliphatic hydroxyl groups is 1. The molecule has 2 aliphatic heterocycles. The van der Waals surface area contributed by atoms with Gasteiger partial charge in [0.05, 0.1) is 6.61 Å². The highest BCUT2D eigenvalue weighted by atomic mass is 16.7. The number of amides is 1. The van der Waals surface area contributed by atoms with E-state index in [-0.39, 0.29) is 25.7 Å². The van der Waals surface area contributed by atoms with Gasteiger partial charge in [-0.15, -0.1) is 0 Å². The summed E-state index contributed by atoms with van der Waals surface area (Å²) in [5.74, 6) is 1.76. The predicted molar refractivity (Wildman–Crippen MR) is 195 cm³/mol. The lowest BCUT2D eigenvalue weighted by atomic mass is 9.81. The number of benzene rings is 5. The highest BCUT2D eigenvalue weighted by Gasteiger charge is 2.53. The van der Waals surface area contributed by atoms with Crippen LogP contribution in [-0.2, 0) is 22.5 Å². The van der Waals surface area contributed by atoms with E-state index in [0.29, 0.717) is 53.6 Å². The molecule has 0 aliphatic carbocycles. The molecule has 0 spiro atoms. The lowest BCUT2D eigenvalue weighted by Gasteiger charge is -2.31. The maximum absolute atomic E-state index is 14.7. The number of hydrazine groups is 1. The summed E-state index contributed by atoms with van der Waals surface area (Å²) in [7, 11) is 0. The second-order valence-electron chi connectivity index (χ2n) is 12.3. The average molecular weight is 697 g/mol. The van der Waals surface area contributed by atoms with E-state index in [1.54, 1.807) is 24.3 Å². The van der Waals surface area contributed by atoms with Crippen molar-refractivity contribution in [2.24, 2.45) is 10.1 Å². The Bertz CT molecular complexity index is 2100. The van der Waals surface area contributed by atoms with Crippen LogP contribution in [0.25, 0.3) is 21.6 Å². The van der Waals surface area contributed by atoms with Gasteiger partial charge in [0, 0.05) is 42.2 Å². The number of nitrogens with one attached hydrogen (secondary N) is 2. The molecule has 0 unspecified atom stereocenters. The Morgan fingerprint density at radius 1 is 0.904 bits per heavy atom. The van der Waals surface area contributed by atoms with Crippen LogP contribution in [0.5, 0.6) is 17.2 Å². The Hall–Kier alpha value is -6.33. The number of carbonyl (C=O) groups excluding carboxylic acids is 1. The second-order valence-corrected chi connectivity index (χ2v) is 12.3. The van der Waals surface area contributed by atoms with Crippen molar-refractivity contribution >= 4 is 17.5 Å². The molecule has 0 aromatic heterocycles. The molecule has 262 valence electrons. The van der Waals surface area contributed by atoms with E-state index >= 15 is 0 Å². The molecule has 1 amide bonds. The van der Waals surface area contributed by atoms with Gasteiger partial charge in [-0.1, -0.05) is 90.0 Å². The normalized spacial score (nSPS) is 17.1. The average Bonchev–Trinajstić information content (AvgIpc) is 3.82. The fraction of sp³-hybridized carbons (Fsp3) is 0.200. The van der Waals surface area contributed by atoms with E-state index in [0.717, 1.165) is 22.3 Å². The number of hydrogen-bond acceptors (Lipinski definition) is 9. The first-order chi connectivity index (χ1) is 25.6. The zero-order chi connectivity index (χ0) is 35.8. The molecule has 7 rings (SSSR count). The molecule has 0 saturated heterocycles. The van der Waals surface area contributed by atoms with E-state index in [9.17, 15) is 10.3 Å². The summed E-state index contributed by atoms with van der Waals surface area (Å²) < 4.78 is 23.4. The lowest BCUT2D eigenvalue weighted by Crippen LogP contribution is -2.53. The summed E-state index contributed by atoms with van der Waals surface area (Å²) in [5.41, 5.74) is 19.1. The maximum Gasteiger partial charge on any atom is 0.266 e. The van der Waals surface area contributed by atoms with Crippen LogP contribution < -0.4 is 25.1 Å². The van der Waals surface area contributed by atoms with Crippen molar-refractivity contribution in [3.63, 3.8) is 0 Å². The highest BCUT2D eigenvalue weighted by Crippen LogP contribution is 2.44. The first-order valence-electron chi connectivity index (χ1n) is 16.9. The van der Waals surface area contributed by atoms with Gasteiger partial charge in [0.15, 0.2) is 23.1 Å². The smallest absolute Gasteiger partial charge is 0.266 e. The largest absolute Gasteiger partial charge is 0.494 e. The van der Waals surface area contributed by atoms with Gasteiger partial charge in [-0.25, -0.2) is 10.4 Å². The van der Waals surface area contributed by atoms with Gasteiger partial charge in [0.2, 0.25) is 12.7 Å². The summed E-state index contributed by atoms with van der Waals surface area (Å²) >= 11 is 0. The maximum atomic E-state index is 14.7. The number of carbonyl (C=O) groups is 1. The van der Waals surface area contributed by atoms with Crippen LogP contribution in [0.15, 0.2) is 131 Å². The molecule has 5 aromatic carbocycles. The van der Waals surface area contributed by atoms with E-state index < -0.39 is 17.6 Å². The quantitative estimate of drug-likeness (QED) is 0.0367.